The van der Waals surface area contributed by atoms with E-state index in [1.807, 2.05) is 0 Å². The zero-order valence-corrected chi connectivity index (χ0v) is 7.80. The van der Waals surface area contributed by atoms with Gasteiger partial charge in [0.25, 0.3) is 0 Å². The smallest absolute Gasteiger partial charge is 0.324 e. The van der Waals surface area contributed by atoms with Crippen LogP contribution in [-0.2, 0) is 9.53 Å². The highest BCUT2D eigenvalue weighted by Gasteiger charge is 2.40. The Morgan fingerprint density at radius 3 is 2.83 bits per heavy atom. The van der Waals surface area contributed by atoms with Gasteiger partial charge in [-0.2, -0.15) is 0 Å². The molecule has 2 atom stereocenters. The van der Waals surface area contributed by atoms with E-state index in [2.05, 4.69) is 0 Å². The first kappa shape index (κ1) is 9.81. The minimum absolute atomic E-state index is 0.0644. The lowest BCUT2D eigenvalue weighted by atomic mass is 9.88. The molecule has 70 valence electrons. The van der Waals surface area contributed by atoms with Gasteiger partial charge in [0.05, 0.1) is 6.61 Å². The summed E-state index contributed by atoms with van der Waals surface area (Å²) in [6.07, 6.45) is 1.74. The predicted octanol–water partition coefficient (Wildman–Crippen LogP) is 1.50. The molecule has 0 radical (unpaired) electrons. The van der Waals surface area contributed by atoms with Crippen molar-refractivity contribution in [3.8, 4) is 0 Å². The second-order valence-corrected chi connectivity index (χ2v) is 4.08. The van der Waals surface area contributed by atoms with E-state index in [0.29, 0.717) is 6.61 Å². The molecule has 12 heavy (non-hydrogen) atoms. The molecule has 3 nitrogen and oxygen atoms in total. The van der Waals surface area contributed by atoms with Gasteiger partial charge in [-0.1, -0.05) is 0 Å². The predicted molar refractivity (Wildman–Crippen MR) is 45.4 cm³/mol. The summed E-state index contributed by atoms with van der Waals surface area (Å²) in [5, 5.41) is 8.81. The number of halogens is 1. The first-order chi connectivity index (χ1) is 5.55. The average molecular weight is 193 g/mol. The van der Waals surface area contributed by atoms with Crippen molar-refractivity contribution in [3.05, 3.63) is 0 Å². The lowest BCUT2D eigenvalue weighted by Gasteiger charge is -2.31. The molecule has 1 saturated heterocycles. The van der Waals surface area contributed by atoms with Gasteiger partial charge in [-0.15, -0.1) is 11.6 Å². The summed E-state index contributed by atoms with van der Waals surface area (Å²) in [6, 6.07) is 0. The molecule has 0 aromatic carbocycles. The van der Waals surface area contributed by atoms with Crippen LogP contribution in [0.1, 0.15) is 19.8 Å². The van der Waals surface area contributed by atoms with Gasteiger partial charge in [-0.05, 0) is 19.8 Å². The third kappa shape index (κ3) is 1.90. The molecule has 2 unspecified atom stereocenters. The highest BCUT2D eigenvalue weighted by Crippen LogP contribution is 2.31. The third-order valence-electron chi connectivity index (χ3n) is 2.35. The number of ether oxygens (including phenoxy) is 1. The summed E-state index contributed by atoms with van der Waals surface area (Å²) in [4.78, 5) is 9.57. The van der Waals surface area contributed by atoms with Crippen LogP contribution >= 0.6 is 11.6 Å². The Labute approximate surface area is 76.7 Å². The second kappa shape index (κ2) is 3.62. The summed E-state index contributed by atoms with van der Waals surface area (Å²) in [5.74, 6) is -1.02. The van der Waals surface area contributed by atoms with E-state index in [1.54, 1.807) is 0 Å². The Morgan fingerprint density at radius 2 is 2.42 bits per heavy atom. The van der Waals surface area contributed by atoms with Gasteiger partial charge in [-0.25, -0.2) is 0 Å². The fraction of sp³-hybridized carbons (Fsp3) is 0.875. The van der Waals surface area contributed by atoms with Crippen LogP contribution in [0.3, 0.4) is 0 Å². The summed E-state index contributed by atoms with van der Waals surface area (Å²) in [6.45, 7) is 2.73. The van der Waals surface area contributed by atoms with Crippen molar-refractivity contribution in [2.24, 2.45) is 5.92 Å². The topological polar surface area (TPSA) is 46.5 Å². The zero-order valence-electron chi connectivity index (χ0n) is 7.05. The van der Waals surface area contributed by atoms with Gasteiger partial charge in [0.1, 0.15) is 4.87 Å². The van der Waals surface area contributed by atoms with E-state index in [-0.39, 0.29) is 5.92 Å². The minimum atomic E-state index is -1.17. The summed E-state index contributed by atoms with van der Waals surface area (Å²) >= 11 is 5.87. The van der Waals surface area contributed by atoms with E-state index in [0.717, 1.165) is 19.4 Å². The maximum absolute atomic E-state index is 10.7. The SMILES string of the molecule is CC(Cl)(C(=O)O)C1CCCOC1. The monoisotopic (exact) mass is 192 g/mol. The van der Waals surface area contributed by atoms with Gasteiger partial charge in [0, 0.05) is 12.5 Å². The molecule has 0 spiro atoms. The van der Waals surface area contributed by atoms with Crippen LogP contribution in [0.2, 0.25) is 0 Å². The molecule has 0 aliphatic carbocycles. The number of alkyl halides is 1. The molecule has 1 N–H and O–H groups in total. The number of carbonyl (C=O) groups is 1. The largest absolute Gasteiger partial charge is 0.480 e. The van der Waals surface area contributed by atoms with Crippen molar-refractivity contribution in [1.82, 2.24) is 0 Å². The van der Waals surface area contributed by atoms with Gasteiger partial charge >= 0.3 is 5.97 Å². The summed E-state index contributed by atoms with van der Waals surface area (Å²) in [7, 11) is 0. The molecule has 1 rings (SSSR count). The summed E-state index contributed by atoms with van der Waals surface area (Å²) < 4.78 is 5.17. The highest BCUT2D eigenvalue weighted by atomic mass is 35.5. The standard InChI is InChI=1S/C8H13ClO3/c1-8(9,7(10)11)6-3-2-4-12-5-6/h6H,2-5H2,1H3,(H,10,11). The number of carboxylic acids is 1. The van der Waals surface area contributed by atoms with Crippen LogP contribution in [0.5, 0.6) is 0 Å². The van der Waals surface area contributed by atoms with E-state index in [9.17, 15) is 4.79 Å². The van der Waals surface area contributed by atoms with Crippen LogP contribution in [0, 0.1) is 5.92 Å². The number of rotatable bonds is 2. The van der Waals surface area contributed by atoms with Gasteiger partial charge in [0.15, 0.2) is 0 Å². The van der Waals surface area contributed by atoms with E-state index >= 15 is 0 Å². The van der Waals surface area contributed by atoms with Crippen LogP contribution in [0.15, 0.2) is 0 Å². The van der Waals surface area contributed by atoms with Crippen LogP contribution in [0.25, 0.3) is 0 Å². The molecular formula is C8H13ClO3. The molecular weight excluding hydrogens is 180 g/mol. The normalized spacial score (nSPS) is 29.3. The fourth-order valence-corrected chi connectivity index (χ4v) is 1.52. The molecule has 0 aromatic heterocycles. The Hall–Kier alpha value is -0.280. The van der Waals surface area contributed by atoms with Crippen molar-refractivity contribution in [3.63, 3.8) is 0 Å². The quantitative estimate of drug-likeness (QED) is 0.675. The van der Waals surface area contributed by atoms with Crippen LogP contribution in [0.4, 0.5) is 0 Å². The molecule has 1 heterocycles. The van der Waals surface area contributed by atoms with Crippen molar-refractivity contribution >= 4 is 17.6 Å². The lowest BCUT2D eigenvalue weighted by Crippen LogP contribution is -2.41. The molecule has 1 fully saturated rings. The van der Waals surface area contributed by atoms with Gasteiger partial charge in [-0.3, -0.25) is 4.79 Å². The Balaban J connectivity index is 2.59. The molecule has 0 bridgehead atoms. The van der Waals surface area contributed by atoms with Gasteiger partial charge < -0.3 is 9.84 Å². The van der Waals surface area contributed by atoms with E-state index in [4.69, 9.17) is 21.4 Å². The van der Waals surface area contributed by atoms with Gasteiger partial charge in [0.2, 0.25) is 0 Å². The molecule has 1 aliphatic heterocycles. The molecule has 0 aromatic rings. The van der Waals surface area contributed by atoms with E-state index in [1.165, 1.54) is 6.92 Å². The van der Waals surface area contributed by atoms with E-state index < -0.39 is 10.8 Å². The van der Waals surface area contributed by atoms with Crippen LogP contribution < -0.4 is 0 Å². The number of carboxylic acid groups (broad SMARTS) is 1. The number of hydrogen-bond donors (Lipinski definition) is 1. The Kier molecular flexibility index (Phi) is 2.96. The zero-order chi connectivity index (χ0) is 9.19. The number of hydrogen-bond acceptors (Lipinski definition) is 2. The fourth-order valence-electron chi connectivity index (χ4n) is 1.34. The Bertz CT molecular complexity index is 173. The molecule has 0 amide bonds. The lowest BCUT2D eigenvalue weighted by molar-refractivity contribution is -0.142. The highest BCUT2D eigenvalue weighted by molar-refractivity contribution is 6.33. The second-order valence-electron chi connectivity index (χ2n) is 3.29. The van der Waals surface area contributed by atoms with Crippen molar-refractivity contribution < 1.29 is 14.6 Å². The van der Waals surface area contributed by atoms with Crippen molar-refractivity contribution in [1.29, 1.82) is 0 Å². The number of aliphatic carboxylic acids is 1. The summed E-state index contributed by atoms with van der Waals surface area (Å²) in [5.41, 5.74) is 0. The first-order valence-corrected chi connectivity index (χ1v) is 4.43. The Morgan fingerprint density at radius 1 is 1.75 bits per heavy atom. The minimum Gasteiger partial charge on any atom is -0.480 e. The maximum atomic E-state index is 10.7. The first-order valence-electron chi connectivity index (χ1n) is 4.05. The van der Waals surface area contributed by atoms with Crippen molar-refractivity contribution in [2.75, 3.05) is 13.2 Å². The van der Waals surface area contributed by atoms with Crippen LogP contribution in [-0.4, -0.2) is 29.2 Å². The molecule has 0 saturated carbocycles. The average Bonchev–Trinajstić information content (AvgIpc) is 2.06. The van der Waals surface area contributed by atoms with Crippen molar-refractivity contribution in [2.45, 2.75) is 24.6 Å². The maximum Gasteiger partial charge on any atom is 0.324 e. The third-order valence-corrected chi connectivity index (χ3v) is 2.82. The molecule has 4 heteroatoms. The molecule has 1 aliphatic rings.